The Labute approximate surface area is 184 Å². The van der Waals surface area contributed by atoms with Crippen LogP contribution in [0.15, 0.2) is 12.2 Å². The van der Waals surface area contributed by atoms with Crippen LogP contribution in [0.5, 0.6) is 0 Å². The van der Waals surface area contributed by atoms with Crippen LogP contribution in [0, 0.1) is 0 Å². The minimum Gasteiger partial charge on any atom is -0.463 e. The lowest BCUT2D eigenvalue weighted by Crippen LogP contribution is -2.58. The van der Waals surface area contributed by atoms with Crippen molar-refractivity contribution in [1.82, 2.24) is 0 Å². The predicted molar refractivity (Wildman–Crippen MR) is 111 cm³/mol. The average molecular weight is 447 g/mol. The summed E-state index contributed by atoms with van der Waals surface area (Å²) >= 11 is 0. The molecule has 0 bridgehead atoms. The molecule has 0 aromatic carbocycles. The molecule has 2 rings (SSSR count). The molecule has 2 aliphatic heterocycles. The van der Waals surface area contributed by atoms with E-state index in [0.29, 0.717) is 38.9 Å². The fourth-order valence-electron chi connectivity index (χ4n) is 4.09. The molecule has 0 saturated carbocycles. The van der Waals surface area contributed by atoms with Gasteiger partial charge in [0, 0.05) is 26.7 Å². The van der Waals surface area contributed by atoms with Crippen molar-refractivity contribution in [2.75, 3.05) is 41.0 Å². The average Bonchev–Trinajstić information content (AvgIpc) is 2.83. The predicted octanol–water partition coefficient (Wildman–Crippen LogP) is 1.95. The summed E-state index contributed by atoms with van der Waals surface area (Å²) in [4.78, 5) is 11.6. The number of fused-ring (bicyclic) bond motifs is 1. The summed E-state index contributed by atoms with van der Waals surface area (Å²) < 4.78 is 39.3. The number of methoxy groups -OCH3 is 2. The van der Waals surface area contributed by atoms with Gasteiger partial charge in [-0.2, -0.15) is 0 Å². The second-order valence-electron chi connectivity index (χ2n) is 8.47. The minimum absolute atomic E-state index is 0.120. The van der Waals surface area contributed by atoms with E-state index in [1.807, 2.05) is 6.92 Å². The summed E-state index contributed by atoms with van der Waals surface area (Å²) in [7, 11) is 3.13. The molecular formula is C22H38O9. The largest absolute Gasteiger partial charge is 0.463 e. The number of carbonyl (C=O) groups excluding carboxylic acids is 1. The molecule has 1 N–H and O–H groups in total. The molecule has 2 saturated heterocycles. The highest BCUT2D eigenvalue weighted by Crippen LogP contribution is 2.40. The zero-order valence-corrected chi connectivity index (χ0v) is 19.3. The summed E-state index contributed by atoms with van der Waals surface area (Å²) in [5, 5.41) is 11.0. The van der Waals surface area contributed by atoms with Crippen molar-refractivity contribution in [3.8, 4) is 0 Å². The Kier molecular flexibility index (Phi) is 10.3. The maximum absolute atomic E-state index is 11.6. The van der Waals surface area contributed by atoms with Gasteiger partial charge in [0.1, 0.15) is 19.2 Å². The van der Waals surface area contributed by atoms with Gasteiger partial charge in [-0.05, 0) is 40.0 Å². The number of aliphatic hydroxyl groups is 1. The number of ether oxygens (including phenoxy) is 7. The lowest BCUT2D eigenvalue weighted by atomic mass is 9.86. The zero-order valence-electron chi connectivity index (χ0n) is 19.3. The maximum atomic E-state index is 11.6. The first-order chi connectivity index (χ1) is 14.8. The van der Waals surface area contributed by atoms with Gasteiger partial charge < -0.3 is 38.3 Å². The van der Waals surface area contributed by atoms with Gasteiger partial charge in [0.25, 0.3) is 0 Å². The van der Waals surface area contributed by atoms with Gasteiger partial charge in [-0.25, -0.2) is 4.79 Å². The summed E-state index contributed by atoms with van der Waals surface area (Å²) in [6.07, 6.45) is 3.83. The van der Waals surface area contributed by atoms with E-state index in [-0.39, 0.29) is 31.9 Å². The van der Waals surface area contributed by atoms with Gasteiger partial charge in [-0.15, -0.1) is 0 Å². The Balaban J connectivity index is 2.11. The van der Waals surface area contributed by atoms with E-state index in [1.165, 1.54) is 6.08 Å². The Bertz CT molecular complexity index is 579. The van der Waals surface area contributed by atoms with Gasteiger partial charge in [-0.3, -0.25) is 0 Å². The monoisotopic (exact) mass is 446 g/mol. The van der Waals surface area contributed by atoms with Gasteiger partial charge in [-0.1, -0.05) is 6.08 Å². The molecule has 0 amide bonds. The Morgan fingerprint density at radius 3 is 2.61 bits per heavy atom. The molecule has 9 nitrogen and oxygen atoms in total. The third-order valence-electron chi connectivity index (χ3n) is 5.80. The van der Waals surface area contributed by atoms with Gasteiger partial charge in [0.15, 0.2) is 0 Å². The molecule has 0 aromatic rings. The fourth-order valence-corrected chi connectivity index (χ4v) is 4.09. The maximum Gasteiger partial charge on any atom is 0.330 e. The molecule has 0 spiro atoms. The Hall–Kier alpha value is -1.07. The van der Waals surface area contributed by atoms with Crippen LogP contribution < -0.4 is 0 Å². The molecule has 6 atom stereocenters. The lowest BCUT2D eigenvalue weighted by Gasteiger charge is -2.47. The molecular weight excluding hydrogens is 408 g/mol. The molecule has 2 aliphatic rings. The highest BCUT2D eigenvalue weighted by atomic mass is 16.7. The minimum atomic E-state index is -1.06. The van der Waals surface area contributed by atoms with Crippen LogP contribution in [0.3, 0.4) is 0 Å². The molecule has 31 heavy (non-hydrogen) atoms. The molecule has 0 aromatic heterocycles. The second kappa shape index (κ2) is 12.2. The van der Waals surface area contributed by atoms with Crippen LogP contribution in [0.2, 0.25) is 0 Å². The van der Waals surface area contributed by atoms with Crippen LogP contribution >= 0.6 is 0 Å². The van der Waals surface area contributed by atoms with Gasteiger partial charge >= 0.3 is 5.97 Å². The van der Waals surface area contributed by atoms with Crippen molar-refractivity contribution in [2.24, 2.45) is 0 Å². The van der Waals surface area contributed by atoms with E-state index >= 15 is 0 Å². The number of esters is 1. The van der Waals surface area contributed by atoms with E-state index in [9.17, 15) is 9.90 Å². The Morgan fingerprint density at radius 1 is 1.19 bits per heavy atom. The normalized spacial score (nSPS) is 36.2. The summed E-state index contributed by atoms with van der Waals surface area (Å²) in [6.45, 7) is 6.34. The molecule has 9 heteroatoms. The van der Waals surface area contributed by atoms with Crippen molar-refractivity contribution < 1.29 is 43.1 Å². The topological polar surface area (TPSA) is 102 Å². The fraction of sp³-hybridized carbons (Fsp3) is 0.864. The van der Waals surface area contributed by atoms with Crippen LogP contribution in [0.1, 0.15) is 46.5 Å². The number of hydrogen-bond acceptors (Lipinski definition) is 9. The van der Waals surface area contributed by atoms with Crippen LogP contribution in [-0.2, 0) is 38.0 Å². The highest BCUT2D eigenvalue weighted by molar-refractivity contribution is 5.81. The zero-order chi connectivity index (χ0) is 22.9. The van der Waals surface area contributed by atoms with Crippen molar-refractivity contribution in [2.45, 2.75) is 82.1 Å². The third kappa shape index (κ3) is 7.49. The van der Waals surface area contributed by atoms with Crippen LogP contribution in [0.25, 0.3) is 0 Å². The first-order valence-electron chi connectivity index (χ1n) is 10.8. The number of hydrogen-bond donors (Lipinski definition) is 1. The second-order valence-corrected chi connectivity index (χ2v) is 8.47. The van der Waals surface area contributed by atoms with Crippen molar-refractivity contribution in [1.29, 1.82) is 0 Å². The summed E-state index contributed by atoms with van der Waals surface area (Å²) in [6, 6.07) is 0. The molecule has 0 aliphatic carbocycles. The highest BCUT2D eigenvalue weighted by Gasteiger charge is 2.51. The van der Waals surface area contributed by atoms with Crippen LogP contribution in [0.4, 0.5) is 0 Å². The lowest BCUT2D eigenvalue weighted by molar-refractivity contribution is -0.275. The molecule has 0 unspecified atom stereocenters. The molecule has 2 heterocycles. The first kappa shape index (κ1) is 26.2. The van der Waals surface area contributed by atoms with Crippen molar-refractivity contribution in [3.05, 3.63) is 12.2 Å². The van der Waals surface area contributed by atoms with E-state index < -0.39 is 23.3 Å². The molecule has 180 valence electrons. The van der Waals surface area contributed by atoms with Gasteiger partial charge in [0.05, 0.1) is 43.2 Å². The summed E-state index contributed by atoms with van der Waals surface area (Å²) in [5.74, 6) is -0.408. The quantitative estimate of drug-likeness (QED) is 0.221. The van der Waals surface area contributed by atoms with Crippen LogP contribution in [-0.4, -0.2) is 87.7 Å². The van der Waals surface area contributed by atoms with Gasteiger partial charge in [0.2, 0.25) is 0 Å². The smallest absolute Gasteiger partial charge is 0.330 e. The Morgan fingerprint density at radius 2 is 1.94 bits per heavy atom. The summed E-state index contributed by atoms with van der Waals surface area (Å²) in [5.41, 5.74) is -1.78. The number of carbonyl (C=O) groups is 1. The van der Waals surface area contributed by atoms with Crippen molar-refractivity contribution in [3.63, 3.8) is 0 Å². The standard InChI is InChI=1S/C22H38O9/c1-6-28-20(23)9-7-8-18-21(2,24)11-10-16-17(30-18)12-19(29-15-26-5)22(3,31-16)13-27-14-25-4/h7,9,16-19,24H,6,8,10-15H2,1-5H3/b9-7+/t16-,17+,18-,19-,21+,22+/m0/s1. The van der Waals surface area contributed by atoms with E-state index in [2.05, 4.69) is 0 Å². The molecule has 0 radical (unpaired) electrons. The number of rotatable bonds is 11. The third-order valence-corrected chi connectivity index (χ3v) is 5.80. The SMILES string of the molecule is CCOC(=O)/C=C/C[C@@H]1O[C@@H]2C[C@H](OCOC)[C@@](C)(COCOC)O[C@H]2CC[C@@]1(C)O. The van der Waals surface area contributed by atoms with E-state index in [1.54, 1.807) is 34.1 Å². The van der Waals surface area contributed by atoms with Crippen molar-refractivity contribution >= 4 is 5.97 Å². The first-order valence-corrected chi connectivity index (χ1v) is 10.8. The molecule has 2 fully saturated rings. The van der Waals surface area contributed by atoms with E-state index in [0.717, 1.165) is 0 Å². The van der Waals surface area contributed by atoms with E-state index in [4.69, 9.17) is 33.2 Å².